The molecule has 4 aliphatic rings. The minimum atomic E-state index is -0.223. The summed E-state index contributed by atoms with van der Waals surface area (Å²) in [4.78, 5) is 0. The van der Waals surface area contributed by atoms with E-state index >= 15 is 0 Å². The van der Waals surface area contributed by atoms with Crippen LogP contribution in [0.25, 0.3) is 0 Å². The third kappa shape index (κ3) is 0.736. The lowest BCUT2D eigenvalue weighted by Gasteiger charge is -2.41. The zero-order valence-electron chi connectivity index (χ0n) is 6.27. The van der Waals surface area contributed by atoms with Gasteiger partial charge in [-0.05, 0) is 12.3 Å². The van der Waals surface area contributed by atoms with Crippen molar-refractivity contribution in [3.63, 3.8) is 0 Å². The van der Waals surface area contributed by atoms with Gasteiger partial charge in [0.1, 0.15) is 0 Å². The Balaban J connectivity index is 1.93. The lowest BCUT2D eigenvalue weighted by molar-refractivity contribution is -0.278. The van der Waals surface area contributed by atoms with Gasteiger partial charge in [0.05, 0.1) is 18.8 Å². The van der Waals surface area contributed by atoms with Gasteiger partial charge in [-0.25, -0.2) is 0 Å². The van der Waals surface area contributed by atoms with Crippen molar-refractivity contribution < 1.29 is 14.6 Å². The van der Waals surface area contributed by atoms with Crippen molar-refractivity contribution in [2.24, 2.45) is 11.8 Å². The molecule has 4 rings (SSSR count). The Morgan fingerprint density at radius 3 is 2.82 bits per heavy atom. The van der Waals surface area contributed by atoms with E-state index in [9.17, 15) is 5.11 Å². The molecule has 62 valence electrons. The van der Waals surface area contributed by atoms with Crippen molar-refractivity contribution in [2.75, 3.05) is 6.61 Å². The van der Waals surface area contributed by atoms with Gasteiger partial charge in [0.25, 0.3) is 0 Å². The highest BCUT2D eigenvalue weighted by Crippen LogP contribution is 2.46. The molecule has 0 aromatic heterocycles. The first-order valence-electron chi connectivity index (χ1n) is 4.30. The summed E-state index contributed by atoms with van der Waals surface area (Å²) < 4.78 is 10.9. The Labute approximate surface area is 65.3 Å². The third-order valence-corrected chi connectivity index (χ3v) is 3.23. The molecular weight excluding hydrogens is 144 g/mol. The monoisotopic (exact) mass is 156 g/mol. The van der Waals surface area contributed by atoms with Crippen molar-refractivity contribution in [3.8, 4) is 0 Å². The largest absolute Gasteiger partial charge is 0.390 e. The van der Waals surface area contributed by atoms with E-state index in [-0.39, 0.29) is 18.5 Å². The molecule has 1 N–H and O–H groups in total. The molecule has 3 heterocycles. The van der Waals surface area contributed by atoms with Crippen LogP contribution in [0, 0.1) is 11.8 Å². The second kappa shape index (κ2) is 1.97. The molecule has 3 nitrogen and oxygen atoms in total. The van der Waals surface area contributed by atoms with E-state index in [4.69, 9.17) is 9.47 Å². The molecule has 1 saturated carbocycles. The summed E-state index contributed by atoms with van der Waals surface area (Å²) >= 11 is 0. The molecule has 5 unspecified atom stereocenters. The Kier molecular flexibility index (Phi) is 1.15. The van der Waals surface area contributed by atoms with E-state index in [1.54, 1.807) is 0 Å². The molecule has 0 aromatic rings. The van der Waals surface area contributed by atoms with Gasteiger partial charge in [-0.1, -0.05) is 0 Å². The second-order valence-electron chi connectivity index (χ2n) is 3.83. The van der Waals surface area contributed by atoms with Crippen molar-refractivity contribution in [1.29, 1.82) is 0 Å². The maximum Gasteiger partial charge on any atom is 0.158 e. The van der Waals surface area contributed by atoms with Crippen LogP contribution in [0.15, 0.2) is 0 Å². The number of aliphatic hydroxyl groups is 1. The van der Waals surface area contributed by atoms with E-state index in [0.717, 1.165) is 19.4 Å². The molecule has 3 heteroatoms. The number of fused-ring (bicyclic) bond motifs is 1. The van der Waals surface area contributed by atoms with Crippen molar-refractivity contribution in [1.82, 2.24) is 0 Å². The number of hydrogen-bond acceptors (Lipinski definition) is 3. The first-order chi connectivity index (χ1) is 5.34. The average molecular weight is 156 g/mol. The van der Waals surface area contributed by atoms with Gasteiger partial charge in [-0.15, -0.1) is 0 Å². The maximum atomic E-state index is 9.54. The lowest BCUT2D eigenvalue weighted by Crippen LogP contribution is -2.47. The highest BCUT2D eigenvalue weighted by molar-refractivity contribution is 4.98. The Bertz CT molecular complexity index is 178. The standard InChI is InChI=1S/C8H12O3/c9-6-1-4-2-7-10-3-5(4)8(6)11-7/h4-9H,1-3H2. The Morgan fingerprint density at radius 1 is 1.27 bits per heavy atom. The molecule has 0 spiro atoms. The molecule has 1 aliphatic carbocycles. The summed E-state index contributed by atoms with van der Waals surface area (Å²) in [6.45, 7) is 0.803. The minimum Gasteiger partial charge on any atom is -0.390 e. The van der Waals surface area contributed by atoms with Crippen LogP contribution in [0.4, 0.5) is 0 Å². The zero-order valence-corrected chi connectivity index (χ0v) is 6.27. The highest BCUT2D eigenvalue weighted by Gasteiger charge is 2.52. The van der Waals surface area contributed by atoms with Gasteiger partial charge in [-0.2, -0.15) is 0 Å². The molecule has 3 saturated heterocycles. The molecule has 0 aromatic carbocycles. The fourth-order valence-electron chi connectivity index (χ4n) is 2.67. The number of aliphatic hydroxyl groups excluding tert-OH is 1. The zero-order chi connectivity index (χ0) is 7.42. The van der Waals surface area contributed by atoms with E-state index in [1.807, 2.05) is 0 Å². The van der Waals surface area contributed by atoms with Crippen LogP contribution in [-0.4, -0.2) is 30.2 Å². The first-order valence-corrected chi connectivity index (χ1v) is 4.30. The van der Waals surface area contributed by atoms with Crippen LogP contribution in [0.1, 0.15) is 12.8 Å². The average Bonchev–Trinajstić information content (AvgIpc) is 2.25. The van der Waals surface area contributed by atoms with Gasteiger partial charge >= 0.3 is 0 Å². The number of hydrogen-bond donors (Lipinski definition) is 1. The van der Waals surface area contributed by atoms with Crippen LogP contribution in [-0.2, 0) is 9.47 Å². The normalized spacial score (nSPS) is 60.3. The maximum absolute atomic E-state index is 9.54. The molecule has 11 heavy (non-hydrogen) atoms. The SMILES string of the molecule is OC1CC2CC3OCC2C1O3. The Hall–Kier alpha value is -0.120. The predicted octanol–water partition coefficient (Wildman–Crippen LogP) is 0.129. The summed E-state index contributed by atoms with van der Waals surface area (Å²) in [6, 6.07) is 0. The number of ether oxygens (including phenoxy) is 2. The topological polar surface area (TPSA) is 38.7 Å². The van der Waals surface area contributed by atoms with Crippen LogP contribution in [0.3, 0.4) is 0 Å². The summed E-state index contributed by atoms with van der Waals surface area (Å²) in [7, 11) is 0. The third-order valence-electron chi connectivity index (χ3n) is 3.23. The Morgan fingerprint density at radius 2 is 2.18 bits per heavy atom. The molecule has 5 atom stereocenters. The quantitative estimate of drug-likeness (QED) is 0.541. The van der Waals surface area contributed by atoms with Crippen molar-refractivity contribution >= 4 is 0 Å². The van der Waals surface area contributed by atoms with E-state index in [1.165, 1.54) is 0 Å². The molecule has 0 radical (unpaired) electrons. The summed E-state index contributed by atoms with van der Waals surface area (Å²) in [5, 5.41) is 9.54. The molecule has 4 fully saturated rings. The van der Waals surface area contributed by atoms with Crippen LogP contribution in [0.2, 0.25) is 0 Å². The van der Waals surface area contributed by atoms with Crippen molar-refractivity contribution in [3.05, 3.63) is 0 Å². The van der Waals surface area contributed by atoms with Gasteiger partial charge in [0, 0.05) is 12.3 Å². The summed E-state index contributed by atoms with van der Waals surface area (Å²) in [5.74, 6) is 1.15. The lowest BCUT2D eigenvalue weighted by atomic mass is 9.88. The molecule has 0 amide bonds. The van der Waals surface area contributed by atoms with Gasteiger partial charge in [0.2, 0.25) is 0 Å². The van der Waals surface area contributed by atoms with Crippen LogP contribution < -0.4 is 0 Å². The molecule has 3 aliphatic heterocycles. The van der Waals surface area contributed by atoms with Gasteiger partial charge in [-0.3, -0.25) is 0 Å². The van der Waals surface area contributed by atoms with Crippen molar-refractivity contribution in [2.45, 2.75) is 31.3 Å². The fourth-order valence-corrected chi connectivity index (χ4v) is 2.67. The fraction of sp³-hybridized carbons (Fsp3) is 1.00. The van der Waals surface area contributed by atoms with E-state index in [0.29, 0.717) is 11.8 Å². The number of rotatable bonds is 0. The van der Waals surface area contributed by atoms with Gasteiger partial charge in [0.15, 0.2) is 6.29 Å². The smallest absolute Gasteiger partial charge is 0.158 e. The van der Waals surface area contributed by atoms with Crippen LogP contribution >= 0.6 is 0 Å². The second-order valence-corrected chi connectivity index (χ2v) is 3.83. The highest BCUT2D eigenvalue weighted by atomic mass is 16.7. The van der Waals surface area contributed by atoms with Crippen LogP contribution in [0.5, 0.6) is 0 Å². The van der Waals surface area contributed by atoms with Gasteiger partial charge < -0.3 is 14.6 Å². The first kappa shape index (κ1) is 6.40. The summed E-state index contributed by atoms with van der Waals surface area (Å²) in [5.41, 5.74) is 0. The minimum absolute atomic E-state index is 0.00727. The van der Waals surface area contributed by atoms with E-state index in [2.05, 4.69) is 0 Å². The summed E-state index contributed by atoms with van der Waals surface area (Å²) in [6.07, 6.45) is 1.78. The molecule has 4 bridgehead atoms. The predicted molar refractivity (Wildman–Crippen MR) is 36.8 cm³/mol. The van der Waals surface area contributed by atoms with E-state index < -0.39 is 0 Å². The molecular formula is C8H12O3.